The molecule has 1 aromatic carbocycles. The summed E-state index contributed by atoms with van der Waals surface area (Å²) in [5.74, 6) is -0.852. The number of primary amides is 1. The minimum absolute atomic E-state index is 0.0468. The molecule has 2 aromatic rings. The number of carbonyl (C=O) groups is 1. The van der Waals surface area contributed by atoms with Gasteiger partial charge in [0.15, 0.2) is 0 Å². The lowest BCUT2D eigenvalue weighted by molar-refractivity contribution is -0.0494. The predicted molar refractivity (Wildman–Crippen MR) is 84.1 cm³/mol. The highest BCUT2D eigenvalue weighted by Crippen LogP contribution is 2.37. The maximum absolute atomic E-state index is 12.6. The van der Waals surface area contributed by atoms with Gasteiger partial charge in [-0.3, -0.25) is 9.48 Å². The Balaban J connectivity index is 2.07. The van der Waals surface area contributed by atoms with Crippen LogP contribution in [0, 0.1) is 0 Å². The molecule has 1 fully saturated rings. The highest BCUT2D eigenvalue weighted by Gasteiger charge is 2.30. The number of aromatic nitrogens is 2. The third-order valence-corrected chi connectivity index (χ3v) is 4.17. The zero-order valence-corrected chi connectivity index (χ0v) is 13.2. The van der Waals surface area contributed by atoms with Crippen LogP contribution in [-0.4, -0.2) is 28.3 Å². The van der Waals surface area contributed by atoms with Gasteiger partial charge in [0.2, 0.25) is 0 Å². The number of hydrogen-bond acceptors (Lipinski definition) is 4. The molecule has 24 heavy (non-hydrogen) atoms. The van der Waals surface area contributed by atoms with Crippen LogP contribution in [-0.2, 0) is 0 Å². The summed E-state index contributed by atoms with van der Waals surface area (Å²) in [7, 11) is 0. The van der Waals surface area contributed by atoms with Crippen LogP contribution in [0.3, 0.4) is 0 Å². The van der Waals surface area contributed by atoms with Crippen LogP contribution in [0.25, 0.3) is 11.3 Å². The van der Waals surface area contributed by atoms with Crippen LogP contribution >= 0.6 is 11.6 Å². The third kappa shape index (κ3) is 3.20. The van der Waals surface area contributed by atoms with Crippen LogP contribution in [0.15, 0.2) is 24.4 Å². The minimum Gasteiger partial charge on any atom is -0.434 e. The topological polar surface area (TPSA) is 96.2 Å². The van der Waals surface area contributed by atoms with Crippen molar-refractivity contribution in [3.63, 3.8) is 0 Å². The molecule has 0 aliphatic heterocycles. The first-order valence-electron chi connectivity index (χ1n) is 7.24. The average molecular weight is 357 g/mol. The van der Waals surface area contributed by atoms with Crippen molar-refractivity contribution >= 4 is 17.5 Å². The fourth-order valence-electron chi connectivity index (χ4n) is 2.69. The first kappa shape index (κ1) is 16.7. The number of nitrogens with two attached hydrogens (primary N) is 2. The number of halogens is 3. The predicted octanol–water partition coefficient (Wildman–Crippen LogP) is 2.57. The minimum atomic E-state index is -3.02. The molecule has 0 atom stereocenters. The van der Waals surface area contributed by atoms with Gasteiger partial charge in [-0.15, -0.1) is 0 Å². The largest absolute Gasteiger partial charge is 0.434 e. The number of amides is 1. The van der Waals surface area contributed by atoms with Gasteiger partial charge in [-0.25, -0.2) is 0 Å². The van der Waals surface area contributed by atoms with E-state index in [1.165, 1.54) is 24.4 Å². The summed E-state index contributed by atoms with van der Waals surface area (Å²) < 4.78 is 31.4. The third-order valence-electron chi connectivity index (χ3n) is 3.93. The number of hydrogen-bond donors (Lipinski definition) is 2. The van der Waals surface area contributed by atoms with Crippen LogP contribution in [0.1, 0.15) is 29.2 Å². The zero-order chi connectivity index (χ0) is 17.4. The quantitative estimate of drug-likeness (QED) is 0.860. The lowest BCUT2D eigenvalue weighted by atomic mass is 9.88. The molecule has 1 amide bonds. The monoisotopic (exact) mass is 356 g/mol. The number of alkyl halides is 2. The van der Waals surface area contributed by atoms with Gasteiger partial charge in [-0.05, 0) is 31.0 Å². The van der Waals surface area contributed by atoms with Gasteiger partial charge >= 0.3 is 6.61 Å². The lowest BCUT2D eigenvalue weighted by Crippen LogP contribution is -2.37. The normalized spacial score (nSPS) is 20.0. The van der Waals surface area contributed by atoms with E-state index in [0.717, 1.165) is 12.8 Å². The van der Waals surface area contributed by atoms with Gasteiger partial charge in [-0.2, -0.15) is 13.9 Å². The molecule has 0 spiro atoms. The number of ether oxygens (including phenoxy) is 1. The fourth-order valence-corrected chi connectivity index (χ4v) is 2.86. The summed E-state index contributed by atoms with van der Waals surface area (Å²) in [4.78, 5) is 11.7. The molecular formula is C15H15ClF2N4O2. The fraction of sp³-hybridized carbons (Fsp3) is 0.333. The molecule has 0 saturated heterocycles. The highest BCUT2D eigenvalue weighted by molar-refractivity contribution is 6.31. The Morgan fingerprint density at radius 1 is 1.42 bits per heavy atom. The Hall–Kier alpha value is -2.19. The van der Waals surface area contributed by atoms with Crippen LogP contribution in [0.4, 0.5) is 8.78 Å². The van der Waals surface area contributed by atoms with Crippen molar-refractivity contribution < 1.29 is 18.3 Å². The van der Waals surface area contributed by atoms with Crippen molar-refractivity contribution in [3.05, 3.63) is 35.0 Å². The van der Waals surface area contributed by atoms with E-state index >= 15 is 0 Å². The summed E-state index contributed by atoms with van der Waals surface area (Å²) in [6, 6.07) is 4.25. The van der Waals surface area contributed by atoms with Crippen molar-refractivity contribution in [1.82, 2.24) is 9.78 Å². The molecule has 0 bridgehead atoms. The SMILES string of the molecule is NC(=O)c1cn(C2CC(N)C2)nc1-c1cc(Cl)ccc1OC(F)F. The Kier molecular flexibility index (Phi) is 4.42. The lowest BCUT2D eigenvalue weighted by Gasteiger charge is -2.32. The molecule has 1 heterocycles. The molecule has 1 aromatic heterocycles. The van der Waals surface area contributed by atoms with E-state index in [1.807, 2.05) is 0 Å². The number of nitrogens with zero attached hydrogens (tertiary/aromatic N) is 2. The second-order valence-electron chi connectivity index (χ2n) is 5.64. The Morgan fingerprint density at radius 2 is 2.12 bits per heavy atom. The van der Waals surface area contributed by atoms with Crippen molar-refractivity contribution in [2.24, 2.45) is 11.5 Å². The maximum atomic E-state index is 12.6. The smallest absolute Gasteiger partial charge is 0.387 e. The molecule has 1 saturated carbocycles. The summed E-state index contributed by atoms with van der Waals surface area (Å²) in [5, 5.41) is 4.64. The van der Waals surface area contributed by atoms with Gasteiger partial charge in [0.25, 0.3) is 5.91 Å². The first-order valence-corrected chi connectivity index (χ1v) is 7.62. The second kappa shape index (κ2) is 6.37. The van der Waals surface area contributed by atoms with Gasteiger partial charge < -0.3 is 16.2 Å². The van der Waals surface area contributed by atoms with E-state index in [9.17, 15) is 13.6 Å². The molecule has 0 unspecified atom stereocenters. The number of rotatable bonds is 5. The van der Waals surface area contributed by atoms with Crippen LogP contribution < -0.4 is 16.2 Å². The zero-order valence-electron chi connectivity index (χ0n) is 12.5. The second-order valence-corrected chi connectivity index (χ2v) is 6.08. The molecular weight excluding hydrogens is 342 g/mol. The van der Waals surface area contributed by atoms with Crippen LogP contribution in [0.5, 0.6) is 5.75 Å². The molecule has 3 rings (SSSR count). The summed E-state index contributed by atoms with van der Waals surface area (Å²) in [6.07, 6.45) is 2.94. The average Bonchev–Trinajstić information content (AvgIpc) is 2.90. The Morgan fingerprint density at radius 3 is 2.71 bits per heavy atom. The molecule has 0 radical (unpaired) electrons. The van der Waals surface area contributed by atoms with E-state index in [2.05, 4.69) is 9.84 Å². The van der Waals surface area contributed by atoms with E-state index in [4.69, 9.17) is 23.1 Å². The standard InChI is InChI=1S/C15H15ClF2N4O2/c16-7-1-2-12(24-15(17)18)10(3-7)13-11(14(20)23)6-22(21-13)9-4-8(19)5-9/h1-3,6,8-9,15H,4-5,19H2,(H2,20,23). The highest BCUT2D eigenvalue weighted by atomic mass is 35.5. The summed E-state index contributed by atoms with van der Waals surface area (Å²) in [5.41, 5.74) is 11.6. The molecule has 1 aliphatic carbocycles. The van der Waals surface area contributed by atoms with E-state index < -0.39 is 12.5 Å². The molecule has 9 heteroatoms. The molecule has 4 N–H and O–H groups in total. The van der Waals surface area contributed by atoms with Gasteiger partial charge in [0, 0.05) is 22.8 Å². The van der Waals surface area contributed by atoms with Crippen molar-refractivity contribution in [2.75, 3.05) is 0 Å². The van der Waals surface area contributed by atoms with Gasteiger partial charge in [-0.1, -0.05) is 11.6 Å². The Labute approximate surface area is 141 Å². The van der Waals surface area contributed by atoms with Gasteiger partial charge in [0.1, 0.15) is 11.4 Å². The van der Waals surface area contributed by atoms with Crippen molar-refractivity contribution in [2.45, 2.75) is 31.5 Å². The van der Waals surface area contributed by atoms with Gasteiger partial charge in [0.05, 0.1) is 11.6 Å². The summed E-state index contributed by atoms with van der Waals surface area (Å²) in [6.45, 7) is -3.02. The molecule has 1 aliphatic rings. The van der Waals surface area contributed by atoms with Crippen molar-refractivity contribution in [1.29, 1.82) is 0 Å². The van der Waals surface area contributed by atoms with E-state index in [-0.39, 0.29) is 34.7 Å². The van der Waals surface area contributed by atoms with E-state index in [1.54, 1.807) is 4.68 Å². The number of benzene rings is 1. The maximum Gasteiger partial charge on any atom is 0.387 e. The number of carbonyl (C=O) groups excluding carboxylic acids is 1. The summed E-state index contributed by atoms with van der Waals surface area (Å²) >= 11 is 5.95. The first-order chi connectivity index (χ1) is 11.3. The molecule has 128 valence electrons. The van der Waals surface area contributed by atoms with E-state index in [0.29, 0.717) is 5.02 Å². The van der Waals surface area contributed by atoms with Crippen molar-refractivity contribution in [3.8, 4) is 17.0 Å². The van der Waals surface area contributed by atoms with Crippen LogP contribution in [0.2, 0.25) is 5.02 Å². The molecule has 6 nitrogen and oxygen atoms in total. The Bertz CT molecular complexity index is 775.